The van der Waals surface area contributed by atoms with Crippen LogP contribution in [0.5, 0.6) is 0 Å². The monoisotopic (exact) mass is 264 g/mol. The maximum absolute atomic E-state index is 5.93. The van der Waals surface area contributed by atoms with Crippen molar-refractivity contribution < 1.29 is 4.74 Å². The van der Waals surface area contributed by atoms with E-state index in [-0.39, 0.29) is 0 Å². The summed E-state index contributed by atoms with van der Waals surface area (Å²) in [6, 6.07) is 2.78. The van der Waals surface area contributed by atoms with Crippen molar-refractivity contribution in [3.05, 3.63) is 18.0 Å². The van der Waals surface area contributed by atoms with Crippen LogP contribution >= 0.6 is 0 Å². The molecule has 0 aliphatic carbocycles. The predicted octanol–water partition coefficient (Wildman–Crippen LogP) is 0.415. The lowest BCUT2D eigenvalue weighted by Crippen LogP contribution is -2.49. The van der Waals surface area contributed by atoms with Crippen LogP contribution in [0.3, 0.4) is 0 Å². The molecule has 5 nitrogen and oxygen atoms in total. The van der Waals surface area contributed by atoms with Crippen molar-refractivity contribution in [2.24, 2.45) is 7.05 Å². The van der Waals surface area contributed by atoms with E-state index in [1.807, 2.05) is 17.9 Å². The first-order chi connectivity index (χ1) is 9.33. The largest absolute Gasteiger partial charge is 0.374 e. The van der Waals surface area contributed by atoms with E-state index < -0.39 is 0 Å². The van der Waals surface area contributed by atoms with Crippen molar-refractivity contribution in [1.82, 2.24) is 20.0 Å². The molecular weight excluding hydrogens is 240 g/mol. The molecule has 106 valence electrons. The van der Waals surface area contributed by atoms with Gasteiger partial charge in [-0.2, -0.15) is 5.10 Å². The number of rotatable bonds is 5. The Labute approximate surface area is 114 Å². The van der Waals surface area contributed by atoms with Gasteiger partial charge in [0.1, 0.15) is 0 Å². The van der Waals surface area contributed by atoms with Gasteiger partial charge < -0.3 is 10.1 Å². The number of hydrogen-bond acceptors (Lipinski definition) is 4. The Morgan fingerprint density at radius 1 is 1.53 bits per heavy atom. The zero-order valence-electron chi connectivity index (χ0n) is 11.7. The third-order valence-electron chi connectivity index (χ3n) is 4.31. The quantitative estimate of drug-likeness (QED) is 0.783. The van der Waals surface area contributed by atoms with E-state index >= 15 is 0 Å². The van der Waals surface area contributed by atoms with Gasteiger partial charge in [0.25, 0.3) is 0 Å². The Morgan fingerprint density at radius 3 is 3.32 bits per heavy atom. The lowest BCUT2D eigenvalue weighted by Gasteiger charge is -2.35. The predicted molar refractivity (Wildman–Crippen MR) is 74.1 cm³/mol. The smallest absolute Gasteiger partial charge is 0.0826 e. The lowest BCUT2D eigenvalue weighted by atomic mass is 10.2. The fourth-order valence-corrected chi connectivity index (χ4v) is 3.14. The van der Waals surface area contributed by atoms with Crippen LogP contribution < -0.4 is 5.32 Å². The molecule has 2 saturated heterocycles. The van der Waals surface area contributed by atoms with Crippen LogP contribution in [0.2, 0.25) is 0 Å². The summed E-state index contributed by atoms with van der Waals surface area (Å²) in [5.41, 5.74) is 1.27. The van der Waals surface area contributed by atoms with Gasteiger partial charge in [-0.25, -0.2) is 0 Å². The standard InChI is InChI=1S/C14H24N4O/c1-17-12(5-7-16-17)4-6-15-9-14-10-18-8-2-3-13(18)11-19-14/h5,7,13-15H,2-4,6,8-11H2,1H3. The van der Waals surface area contributed by atoms with Gasteiger partial charge in [0.2, 0.25) is 0 Å². The fourth-order valence-electron chi connectivity index (χ4n) is 3.14. The molecule has 2 aliphatic rings. The Kier molecular flexibility index (Phi) is 4.15. The van der Waals surface area contributed by atoms with Crippen molar-refractivity contribution in [2.75, 3.05) is 32.8 Å². The summed E-state index contributed by atoms with van der Waals surface area (Å²) >= 11 is 0. The number of aromatic nitrogens is 2. The first kappa shape index (κ1) is 13.1. The molecule has 2 aliphatic heterocycles. The van der Waals surface area contributed by atoms with E-state index in [2.05, 4.69) is 21.4 Å². The normalized spacial score (nSPS) is 27.6. The van der Waals surface area contributed by atoms with Crippen LogP contribution in [-0.4, -0.2) is 59.6 Å². The molecule has 3 heterocycles. The highest BCUT2D eigenvalue weighted by Crippen LogP contribution is 2.22. The molecule has 19 heavy (non-hydrogen) atoms. The minimum atomic E-state index is 0.362. The average molecular weight is 264 g/mol. The maximum atomic E-state index is 5.93. The highest BCUT2D eigenvalue weighted by atomic mass is 16.5. The molecule has 1 aromatic rings. The second-order valence-electron chi connectivity index (χ2n) is 5.65. The minimum Gasteiger partial charge on any atom is -0.374 e. The van der Waals surface area contributed by atoms with Gasteiger partial charge in [0, 0.05) is 51.0 Å². The second kappa shape index (κ2) is 6.03. The van der Waals surface area contributed by atoms with Crippen LogP contribution in [0.15, 0.2) is 12.3 Å². The highest BCUT2D eigenvalue weighted by molar-refractivity contribution is 5.00. The second-order valence-corrected chi connectivity index (χ2v) is 5.65. The van der Waals surface area contributed by atoms with Gasteiger partial charge in [0.05, 0.1) is 12.7 Å². The summed E-state index contributed by atoms with van der Waals surface area (Å²) in [4.78, 5) is 2.59. The molecular formula is C14H24N4O. The number of fused-ring (bicyclic) bond motifs is 1. The SMILES string of the molecule is Cn1nccc1CCNCC1CN2CCCC2CO1. The van der Waals surface area contributed by atoms with E-state index in [0.29, 0.717) is 12.1 Å². The Morgan fingerprint density at radius 2 is 2.47 bits per heavy atom. The van der Waals surface area contributed by atoms with Crippen molar-refractivity contribution in [1.29, 1.82) is 0 Å². The lowest BCUT2D eigenvalue weighted by molar-refractivity contribution is -0.0468. The van der Waals surface area contributed by atoms with Gasteiger partial charge in [0.15, 0.2) is 0 Å². The minimum absolute atomic E-state index is 0.362. The molecule has 0 aromatic carbocycles. The summed E-state index contributed by atoms with van der Waals surface area (Å²) in [5, 5.41) is 7.69. The van der Waals surface area contributed by atoms with E-state index in [1.54, 1.807) is 0 Å². The number of nitrogens with zero attached hydrogens (tertiary/aromatic N) is 3. The molecule has 0 amide bonds. The number of nitrogens with one attached hydrogen (secondary N) is 1. The molecule has 1 N–H and O–H groups in total. The first-order valence-corrected chi connectivity index (χ1v) is 7.36. The van der Waals surface area contributed by atoms with E-state index in [9.17, 15) is 0 Å². The van der Waals surface area contributed by atoms with Crippen LogP contribution in [0, 0.1) is 0 Å². The molecule has 5 heteroatoms. The number of morpholine rings is 1. The van der Waals surface area contributed by atoms with Gasteiger partial charge in [-0.05, 0) is 25.5 Å². The Hall–Kier alpha value is -0.910. The fraction of sp³-hybridized carbons (Fsp3) is 0.786. The molecule has 0 radical (unpaired) electrons. The zero-order chi connectivity index (χ0) is 13.1. The van der Waals surface area contributed by atoms with Crippen LogP contribution in [0.4, 0.5) is 0 Å². The third-order valence-corrected chi connectivity index (χ3v) is 4.31. The third kappa shape index (κ3) is 3.16. The molecule has 1 aromatic heterocycles. The Balaban J connectivity index is 1.35. The van der Waals surface area contributed by atoms with Gasteiger partial charge in [-0.15, -0.1) is 0 Å². The van der Waals surface area contributed by atoms with Crippen LogP contribution in [0.25, 0.3) is 0 Å². The van der Waals surface area contributed by atoms with Crippen LogP contribution in [-0.2, 0) is 18.2 Å². The van der Waals surface area contributed by atoms with Gasteiger partial charge in [-0.3, -0.25) is 9.58 Å². The molecule has 2 atom stereocenters. The van der Waals surface area contributed by atoms with Crippen molar-refractivity contribution >= 4 is 0 Å². The molecule has 0 saturated carbocycles. The van der Waals surface area contributed by atoms with E-state index in [1.165, 1.54) is 25.1 Å². The number of ether oxygens (including phenoxy) is 1. The first-order valence-electron chi connectivity index (χ1n) is 7.36. The maximum Gasteiger partial charge on any atom is 0.0826 e. The Bertz CT molecular complexity index is 406. The molecule has 0 spiro atoms. The molecule has 2 unspecified atom stereocenters. The summed E-state index contributed by atoms with van der Waals surface area (Å²) in [6.07, 6.45) is 5.90. The molecule has 3 rings (SSSR count). The summed E-state index contributed by atoms with van der Waals surface area (Å²) < 4.78 is 7.87. The van der Waals surface area contributed by atoms with Crippen molar-refractivity contribution in [2.45, 2.75) is 31.4 Å². The summed E-state index contributed by atoms with van der Waals surface area (Å²) in [7, 11) is 1.99. The molecule has 0 bridgehead atoms. The molecule has 2 fully saturated rings. The topological polar surface area (TPSA) is 42.3 Å². The summed E-state index contributed by atoms with van der Waals surface area (Å²) in [5.74, 6) is 0. The van der Waals surface area contributed by atoms with Crippen molar-refractivity contribution in [3.8, 4) is 0 Å². The average Bonchev–Trinajstić information content (AvgIpc) is 3.03. The van der Waals surface area contributed by atoms with Gasteiger partial charge in [-0.1, -0.05) is 0 Å². The van der Waals surface area contributed by atoms with E-state index in [0.717, 1.165) is 32.7 Å². The number of aryl methyl sites for hydroxylation is 1. The van der Waals surface area contributed by atoms with Crippen LogP contribution in [0.1, 0.15) is 18.5 Å². The van der Waals surface area contributed by atoms with Gasteiger partial charge >= 0.3 is 0 Å². The highest BCUT2D eigenvalue weighted by Gasteiger charge is 2.31. The van der Waals surface area contributed by atoms with E-state index in [4.69, 9.17) is 4.74 Å². The van der Waals surface area contributed by atoms with Crippen molar-refractivity contribution in [3.63, 3.8) is 0 Å². The number of hydrogen-bond donors (Lipinski definition) is 1. The summed E-state index contributed by atoms with van der Waals surface area (Å²) in [6.45, 7) is 5.24. The zero-order valence-corrected chi connectivity index (χ0v) is 11.7.